The Morgan fingerprint density at radius 1 is 0.792 bits per heavy atom. The smallest absolute Gasteiger partial charge is 0.354 e. The van der Waals surface area contributed by atoms with Crippen LogP contribution in [0.4, 0.5) is 8.78 Å². The Morgan fingerprint density at radius 3 is 1.58 bits per heavy atom. The van der Waals surface area contributed by atoms with E-state index in [1.165, 1.54) is 24.4 Å². The average molecular weight is 331 g/mol. The number of benzene rings is 2. The topological polar surface area (TPSA) is 70.4 Å². The van der Waals surface area contributed by atoms with Crippen molar-refractivity contribution >= 4 is 5.97 Å². The van der Waals surface area contributed by atoms with Gasteiger partial charge in [-0.05, 0) is 36.4 Å². The predicted molar refractivity (Wildman–Crippen MR) is 85.7 cm³/mol. The molecule has 0 bridgehead atoms. The first-order chi connectivity index (χ1) is 11.5. The third kappa shape index (κ3) is 7.65. The zero-order valence-electron chi connectivity index (χ0n) is 12.5. The molecule has 0 atom stereocenters. The van der Waals surface area contributed by atoms with Crippen molar-refractivity contribution in [1.29, 1.82) is 0 Å². The van der Waals surface area contributed by atoms with E-state index in [0.29, 0.717) is 5.75 Å². The molecule has 3 rings (SSSR count). The maximum atomic E-state index is 11.9. The van der Waals surface area contributed by atoms with Gasteiger partial charge in [0.05, 0.1) is 0 Å². The maximum absolute atomic E-state index is 11.9. The van der Waals surface area contributed by atoms with E-state index in [9.17, 15) is 13.6 Å². The van der Waals surface area contributed by atoms with Crippen molar-refractivity contribution in [3.8, 4) is 5.75 Å². The lowest BCUT2D eigenvalue weighted by Crippen LogP contribution is -1.97. The lowest BCUT2D eigenvalue weighted by atomic mass is 10.3. The van der Waals surface area contributed by atoms with E-state index in [2.05, 4.69) is 4.98 Å². The highest BCUT2D eigenvalue weighted by Gasteiger charge is 1.98. The van der Waals surface area contributed by atoms with Crippen LogP contribution in [-0.2, 0) is 0 Å². The molecule has 2 N–H and O–H groups in total. The maximum Gasteiger partial charge on any atom is 0.354 e. The fourth-order valence-electron chi connectivity index (χ4n) is 1.36. The third-order valence-corrected chi connectivity index (χ3v) is 2.46. The van der Waals surface area contributed by atoms with Crippen LogP contribution in [-0.4, -0.2) is 21.2 Å². The van der Waals surface area contributed by atoms with Gasteiger partial charge in [-0.1, -0.05) is 36.4 Å². The molecule has 1 heterocycles. The van der Waals surface area contributed by atoms with E-state index in [4.69, 9.17) is 10.2 Å². The lowest BCUT2D eigenvalue weighted by molar-refractivity contribution is 0.0690. The van der Waals surface area contributed by atoms with Crippen LogP contribution in [0.5, 0.6) is 5.75 Å². The second-order valence-corrected chi connectivity index (χ2v) is 4.27. The van der Waals surface area contributed by atoms with Crippen LogP contribution in [0.2, 0.25) is 0 Å². The number of para-hydroxylation sites is 1. The van der Waals surface area contributed by atoms with Gasteiger partial charge in [0, 0.05) is 6.20 Å². The molecule has 1 aromatic heterocycles. The first-order valence-corrected chi connectivity index (χ1v) is 6.79. The van der Waals surface area contributed by atoms with Crippen LogP contribution in [0, 0.1) is 11.6 Å². The van der Waals surface area contributed by atoms with Gasteiger partial charge >= 0.3 is 5.97 Å². The largest absolute Gasteiger partial charge is 0.508 e. The third-order valence-electron chi connectivity index (χ3n) is 2.46. The number of phenols is 1. The highest BCUT2D eigenvalue weighted by Crippen LogP contribution is 2.03. The molecule has 3 aromatic rings. The minimum atomic E-state index is -0.990. The van der Waals surface area contributed by atoms with Gasteiger partial charge in [0.1, 0.15) is 11.4 Å². The van der Waals surface area contributed by atoms with Crippen LogP contribution in [0.3, 0.4) is 0 Å². The zero-order valence-corrected chi connectivity index (χ0v) is 12.5. The highest BCUT2D eigenvalue weighted by molar-refractivity contribution is 5.85. The first-order valence-electron chi connectivity index (χ1n) is 6.79. The summed E-state index contributed by atoms with van der Waals surface area (Å²) in [5.41, 5.74) is 0.0810. The van der Waals surface area contributed by atoms with Crippen molar-refractivity contribution in [3.05, 3.63) is 96.3 Å². The summed E-state index contributed by atoms with van der Waals surface area (Å²) in [7, 11) is 0. The van der Waals surface area contributed by atoms with Crippen LogP contribution < -0.4 is 0 Å². The number of carboxylic acid groups (broad SMARTS) is 1. The number of hydrogen-bond donors (Lipinski definition) is 2. The molecular weight excluding hydrogens is 316 g/mol. The second-order valence-electron chi connectivity index (χ2n) is 4.27. The minimum absolute atomic E-state index is 0.0810. The predicted octanol–water partition coefficient (Wildman–Crippen LogP) is 4.14. The average Bonchev–Trinajstić information content (AvgIpc) is 2.60. The molecule has 0 aliphatic carbocycles. The fraction of sp³-hybridized carbons (Fsp3) is 0. The summed E-state index contributed by atoms with van der Waals surface area (Å²) in [6.07, 6.45) is 1.45. The Labute approximate surface area is 137 Å². The number of hydrogen-bond acceptors (Lipinski definition) is 3. The fourth-order valence-corrected chi connectivity index (χ4v) is 1.36. The zero-order chi connectivity index (χ0) is 17.8. The molecule has 0 saturated heterocycles. The Balaban J connectivity index is 0.000000181. The van der Waals surface area contributed by atoms with E-state index in [0.717, 1.165) is 12.1 Å². The van der Waals surface area contributed by atoms with E-state index < -0.39 is 17.6 Å². The molecule has 0 amide bonds. The molecular formula is C18H15F2NO3. The molecule has 0 unspecified atom stereocenters. The summed E-state index contributed by atoms with van der Waals surface area (Å²) in [6.45, 7) is 0. The summed E-state index contributed by atoms with van der Waals surface area (Å²) in [4.78, 5) is 13.7. The number of carbonyl (C=O) groups is 1. The number of aromatic nitrogens is 1. The molecule has 0 saturated carbocycles. The van der Waals surface area contributed by atoms with Crippen molar-refractivity contribution in [2.45, 2.75) is 0 Å². The summed E-state index contributed by atoms with van der Waals surface area (Å²) in [6, 6.07) is 18.5. The molecule has 0 radical (unpaired) electrons. The Bertz CT molecular complexity index is 717. The van der Waals surface area contributed by atoms with Crippen molar-refractivity contribution < 1.29 is 23.8 Å². The van der Waals surface area contributed by atoms with E-state index in [-0.39, 0.29) is 5.69 Å². The van der Waals surface area contributed by atoms with Crippen molar-refractivity contribution in [1.82, 2.24) is 4.98 Å². The quantitative estimate of drug-likeness (QED) is 0.703. The lowest BCUT2D eigenvalue weighted by Gasteiger charge is -1.87. The summed E-state index contributed by atoms with van der Waals surface area (Å²) >= 11 is 0. The highest BCUT2D eigenvalue weighted by atomic mass is 19.2. The van der Waals surface area contributed by atoms with E-state index >= 15 is 0 Å². The van der Waals surface area contributed by atoms with Gasteiger partial charge in [0.15, 0.2) is 11.6 Å². The summed E-state index contributed by atoms with van der Waals surface area (Å²) in [5.74, 6) is -2.27. The van der Waals surface area contributed by atoms with Gasteiger partial charge in [-0.2, -0.15) is 0 Å². The number of halogens is 2. The molecule has 0 fully saturated rings. The van der Waals surface area contributed by atoms with E-state index in [1.54, 1.807) is 36.4 Å². The number of aromatic hydroxyl groups is 1. The van der Waals surface area contributed by atoms with Gasteiger partial charge in [-0.3, -0.25) is 0 Å². The van der Waals surface area contributed by atoms with Crippen molar-refractivity contribution in [3.63, 3.8) is 0 Å². The molecule has 0 aliphatic rings. The summed E-state index contributed by atoms with van der Waals surface area (Å²) < 4.78 is 23.9. The molecule has 124 valence electrons. The summed E-state index contributed by atoms with van der Waals surface area (Å²) in [5, 5.41) is 17.0. The molecule has 24 heavy (non-hydrogen) atoms. The number of aromatic carboxylic acids is 1. The molecule has 0 aliphatic heterocycles. The molecule has 0 spiro atoms. The van der Waals surface area contributed by atoms with Crippen molar-refractivity contribution in [2.24, 2.45) is 0 Å². The molecule has 6 heteroatoms. The number of rotatable bonds is 1. The number of carboxylic acids is 1. The Hall–Kier alpha value is -3.28. The molecule has 2 aromatic carbocycles. The first kappa shape index (κ1) is 18.8. The molecule has 4 nitrogen and oxygen atoms in total. The van der Waals surface area contributed by atoms with Gasteiger partial charge in [-0.25, -0.2) is 18.6 Å². The standard InChI is InChI=1S/C6H4F2.C6H5NO2.C6H6O/c7-5-3-1-2-4-6(5)8;8-6(9)5-3-1-2-4-7-5;7-6-4-2-1-3-5-6/h1-4H;1-4H,(H,8,9);1-5,7H. The van der Waals surface area contributed by atoms with Gasteiger partial charge in [0.2, 0.25) is 0 Å². The monoisotopic (exact) mass is 331 g/mol. The van der Waals surface area contributed by atoms with Gasteiger partial charge in [0.25, 0.3) is 0 Å². The number of pyridine rings is 1. The Kier molecular flexibility index (Phi) is 8.17. The van der Waals surface area contributed by atoms with Crippen LogP contribution in [0.1, 0.15) is 10.5 Å². The minimum Gasteiger partial charge on any atom is -0.508 e. The normalized spacial score (nSPS) is 8.92. The SMILES string of the molecule is Fc1ccccc1F.O=C(O)c1ccccn1.Oc1ccccc1. The van der Waals surface area contributed by atoms with Gasteiger partial charge < -0.3 is 10.2 Å². The Morgan fingerprint density at radius 2 is 1.29 bits per heavy atom. The van der Waals surface area contributed by atoms with E-state index in [1.807, 2.05) is 6.07 Å². The number of phenolic OH excluding ortho intramolecular Hbond substituents is 1. The van der Waals surface area contributed by atoms with Crippen LogP contribution in [0.25, 0.3) is 0 Å². The van der Waals surface area contributed by atoms with Crippen LogP contribution in [0.15, 0.2) is 79.0 Å². The second kappa shape index (κ2) is 10.4. The van der Waals surface area contributed by atoms with Crippen LogP contribution >= 0.6 is 0 Å². The van der Waals surface area contributed by atoms with Crippen molar-refractivity contribution in [2.75, 3.05) is 0 Å². The van der Waals surface area contributed by atoms with Gasteiger partial charge in [-0.15, -0.1) is 0 Å². The number of nitrogens with zero attached hydrogens (tertiary/aromatic N) is 1.